The number of anilines is 1. The molecule has 18 heavy (non-hydrogen) atoms. The first-order valence-corrected chi connectivity index (χ1v) is 5.61. The van der Waals surface area contributed by atoms with Gasteiger partial charge in [0, 0.05) is 19.2 Å². The molecular weight excluding hydrogens is 254 g/mol. The molecule has 0 saturated carbocycles. The van der Waals surface area contributed by atoms with Gasteiger partial charge in [0.05, 0.1) is 19.9 Å². The molecule has 0 fully saturated rings. The van der Waals surface area contributed by atoms with Crippen LogP contribution in [-0.4, -0.2) is 33.3 Å². The lowest BCUT2D eigenvalue weighted by atomic mass is 10.2. The summed E-state index contributed by atoms with van der Waals surface area (Å²) in [6.07, 6.45) is 1.07. The van der Waals surface area contributed by atoms with Crippen molar-refractivity contribution in [3.63, 3.8) is 0 Å². The summed E-state index contributed by atoms with van der Waals surface area (Å²) >= 11 is 0. The normalized spacial score (nSPS) is 13.8. The molecule has 2 rings (SSSR count). The zero-order chi connectivity index (χ0) is 12.1. The summed E-state index contributed by atoms with van der Waals surface area (Å²) in [6.45, 7) is 1.80. The van der Waals surface area contributed by atoms with Crippen LogP contribution in [0.1, 0.15) is 6.42 Å². The topological polar surface area (TPSA) is 54.9 Å². The Labute approximate surface area is 113 Å². The molecule has 1 heterocycles. The molecule has 0 radical (unpaired) electrons. The molecule has 1 aliphatic heterocycles. The number of rotatable bonds is 3. The average molecular weight is 272 g/mol. The van der Waals surface area contributed by atoms with Crippen molar-refractivity contribution in [3.8, 4) is 11.5 Å². The fraction of sp³-hybridized carbons (Fsp3) is 0.417. The van der Waals surface area contributed by atoms with Crippen molar-refractivity contribution in [3.05, 3.63) is 18.2 Å². The molecule has 0 saturated heterocycles. The van der Waals surface area contributed by atoms with E-state index in [1.165, 1.54) is 0 Å². The van der Waals surface area contributed by atoms with Gasteiger partial charge in [0.15, 0.2) is 5.96 Å². The zero-order valence-electron chi connectivity index (χ0n) is 10.5. The van der Waals surface area contributed by atoms with Crippen molar-refractivity contribution in [1.82, 2.24) is 5.32 Å². The molecule has 0 amide bonds. The third-order valence-electron chi connectivity index (χ3n) is 2.56. The van der Waals surface area contributed by atoms with Crippen molar-refractivity contribution in [2.45, 2.75) is 6.42 Å². The number of guanidine groups is 1. The Bertz CT molecular complexity index is 424. The average Bonchev–Trinajstić information content (AvgIpc) is 2.40. The summed E-state index contributed by atoms with van der Waals surface area (Å²) in [6, 6.07) is 5.64. The monoisotopic (exact) mass is 271 g/mol. The SMILES string of the molecule is COc1ccc(NC2=NCCCN2)c(OC)c1.Cl. The lowest BCUT2D eigenvalue weighted by molar-refractivity contribution is 0.395. The zero-order valence-corrected chi connectivity index (χ0v) is 11.3. The van der Waals surface area contributed by atoms with Crippen LogP contribution < -0.4 is 20.1 Å². The van der Waals surface area contributed by atoms with Crippen LogP contribution in [0.3, 0.4) is 0 Å². The molecule has 1 aromatic rings. The van der Waals surface area contributed by atoms with Crippen molar-refractivity contribution in [2.24, 2.45) is 4.99 Å². The van der Waals surface area contributed by atoms with Crippen molar-refractivity contribution < 1.29 is 9.47 Å². The molecule has 0 unspecified atom stereocenters. The summed E-state index contributed by atoms with van der Waals surface area (Å²) in [5, 5.41) is 6.41. The fourth-order valence-corrected chi connectivity index (χ4v) is 1.65. The molecule has 1 aliphatic rings. The summed E-state index contributed by atoms with van der Waals surface area (Å²) in [4.78, 5) is 4.35. The molecule has 6 heteroatoms. The van der Waals surface area contributed by atoms with Crippen molar-refractivity contribution in [2.75, 3.05) is 32.6 Å². The number of halogens is 1. The van der Waals surface area contributed by atoms with Crippen LogP contribution in [0.15, 0.2) is 23.2 Å². The Balaban J connectivity index is 0.00000162. The summed E-state index contributed by atoms with van der Waals surface area (Å²) in [5.41, 5.74) is 0.876. The van der Waals surface area contributed by atoms with Crippen LogP contribution in [0.25, 0.3) is 0 Å². The van der Waals surface area contributed by atoms with E-state index in [1.807, 2.05) is 18.2 Å². The highest BCUT2D eigenvalue weighted by atomic mass is 35.5. The molecule has 100 valence electrons. The minimum Gasteiger partial charge on any atom is -0.497 e. The second-order valence-corrected chi connectivity index (χ2v) is 3.70. The van der Waals surface area contributed by atoms with Gasteiger partial charge in [-0.15, -0.1) is 12.4 Å². The number of nitrogens with one attached hydrogen (secondary N) is 2. The highest BCUT2D eigenvalue weighted by molar-refractivity contribution is 5.95. The van der Waals surface area contributed by atoms with Crippen molar-refractivity contribution in [1.29, 1.82) is 0 Å². The molecule has 1 aromatic carbocycles. The first-order valence-electron chi connectivity index (χ1n) is 5.61. The molecule has 0 aromatic heterocycles. The Morgan fingerprint density at radius 2 is 2.11 bits per heavy atom. The number of ether oxygens (including phenoxy) is 2. The number of nitrogens with zero attached hydrogens (tertiary/aromatic N) is 1. The lowest BCUT2D eigenvalue weighted by Gasteiger charge is -2.18. The van der Waals surface area contributed by atoms with E-state index in [0.29, 0.717) is 0 Å². The van der Waals surface area contributed by atoms with Gasteiger partial charge in [0.2, 0.25) is 0 Å². The molecule has 2 N–H and O–H groups in total. The molecule has 0 bridgehead atoms. The minimum absolute atomic E-state index is 0. The van der Waals surface area contributed by atoms with Gasteiger partial charge in [-0.25, -0.2) is 0 Å². The van der Waals surface area contributed by atoms with E-state index in [9.17, 15) is 0 Å². The van der Waals surface area contributed by atoms with E-state index >= 15 is 0 Å². The molecule has 5 nitrogen and oxygen atoms in total. The Hall–Kier alpha value is -1.62. The van der Waals surface area contributed by atoms with E-state index in [2.05, 4.69) is 15.6 Å². The highest BCUT2D eigenvalue weighted by Gasteiger charge is 2.09. The third kappa shape index (κ3) is 3.43. The molecular formula is C12H18ClN3O2. The van der Waals surface area contributed by atoms with Gasteiger partial charge in [-0.1, -0.05) is 0 Å². The van der Waals surface area contributed by atoms with Crippen LogP contribution in [0, 0.1) is 0 Å². The standard InChI is InChI=1S/C12H17N3O2.ClH/c1-16-9-4-5-10(11(8-9)17-2)15-12-13-6-3-7-14-12;/h4-5,8H,3,6-7H2,1-2H3,(H2,13,14,15);1H. The number of hydrogen-bond donors (Lipinski definition) is 2. The minimum atomic E-state index is 0. The predicted molar refractivity (Wildman–Crippen MR) is 75.3 cm³/mol. The lowest BCUT2D eigenvalue weighted by Crippen LogP contribution is -2.35. The van der Waals surface area contributed by atoms with Gasteiger partial charge in [0.1, 0.15) is 11.5 Å². The first-order chi connectivity index (χ1) is 8.33. The number of benzene rings is 1. The van der Waals surface area contributed by atoms with Gasteiger partial charge < -0.3 is 20.1 Å². The third-order valence-corrected chi connectivity index (χ3v) is 2.56. The maximum Gasteiger partial charge on any atom is 0.195 e. The Kier molecular flexibility index (Phi) is 5.58. The fourth-order valence-electron chi connectivity index (χ4n) is 1.65. The summed E-state index contributed by atoms with van der Waals surface area (Å²) in [7, 11) is 3.27. The van der Waals surface area contributed by atoms with Gasteiger partial charge in [-0.3, -0.25) is 4.99 Å². The quantitative estimate of drug-likeness (QED) is 0.882. The Morgan fingerprint density at radius 3 is 2.72 bits per heavy atom. The summed E-state index contributed by atoms with van der Waals surface area (Å²) < 4.78 is 10.5. The predicted octanol–water partition coefficient (Wildman–Crippen LogP) is 1.89. The highest BCUT2D eigenvalue weighted by Crippen LogP contribution is 2.28. The van der Waals surface area contributed by atoms with Crippen LogP contribution >= 0.6 is 12.4 Å². The number of methoxy groups -OCH3 is 2. The maximum absolute atomic E-state index is 5.30. The molecule has 0 aliphatic carbocycles. The van der Waals surface area contributed by atoms with E-state index in [-0.39, 0.29) is 12.4 Å². The van der Waals surface area contributed by atoms with Gasteiger partial charge in [0.25, 0.3) is 0 Å². The van der Waals surface area contributed by atoms with Crippen LogP contribution in [-0.2, 0) is 0 Å². The second kappa shape index (κ2) is 6.96. The number of hydrogen-bond acceptors (Lipinski definition) is 5. The summed E-state index contributed by atoms with van der Waals surface area (Å²) in [5.74, 6) is 2.30. The Morgan fingerprint density at radius 1 is 1.28 bits per heavy atom. The van der Waals surface area contributed by atoms with E-state index < -0.39 is 0 Å². The first kappa shape index (κ1) is 14.4. The molecule has 0 spiro atoms. The van der Waals surface area contributed by atoms with E-state index in [4.69, 9.17) is 9.47 Å². The smallest absolute Gasteiger partial charge is 0.195 e. The molecule has 0 atom stereocenters. The maximum atomic E-state index is 5.30. The van der Waals surface area contributed by atoms with E-state index in [1.54, 1.807) is 14.2 Å². The van der Waals surface area contributed by atoms with E-state index in [0.717, 1.165) is 42.7 Å². The van der Waals surface area contributed by atoms with Gasteiger partial charge in [-0.05, 0) is 18.6 Å². The largest absolute Gasteiger partial charge is 0.497 e. The van der Waals surface area contributed by atoms with Gasteiger partial charge in [-0.2, -0.15) is 0 Å². The van der Waals surface area contributed by atoms with Crippen LogP contribution in [0.5, 0.6) is 11.5 Å². The van der Waals surface area contributed by atoms with Crippen molar-refractivity contribution >= 4 is 24.1 Å². The number of aliphatic imine (C=N–C) groups is 1. The van der Waals surface area contributed by atoms with Crippen LogP contribution in [0.2, 0.25) is 0 Å². The second-order valence-electron chi connectivity index (χ2n) is 3.70. The van der Waals surface area contributed by atoms with Gasteiger partial charge >= 0.3 is 0 Å². The van der Waals surface area contributed by atoms with Crippen LogP contribution in [0.4, 0.5) is 5.69 Å².